The largest absolute Gasteiger partial charge is 0.254 e. The number of aryl methyl sites for hydroxylation is 1. The Morgan fingerprint density at radius 2 is 2.38 bits per heavy atom. The number of alkyl halides is 1. The minimum Gasteiger partial charge on any atom is -0.249 e. The first-order valence-corrected chi connectivity index (χ1v) is 8.24. The summed E-state index contributed by atoms with van der Waals surface area (Å²) in [5.74, 6) is 0. The molecule has 90 valence electrons. The molecule has 4 nitrogen and oxygen atoms in total. The van der Waals surface area contributed by atoms with Gasteiger partial charge in [-0.2, -0.15) is 4.31 Å². The quantitative estimate of drug-likeness (QED) is 0.782. The Hall–Kier alpha value is 0.0200. The monoisotopic (exact) mass is 324 g/mol. The summed E-state index contributed by atoms with van der Waals surface area (Å²) < 4.78 is 26.3. The number of sulfonamides is 1. The Bertz CT molecular complexity index is 472. The van der Waals surface area contributed by atoms with Crippen molar-refractivity contribution in [3.63, 3.8) is 0 Å². The number of piperidine rings is 1. The molecular weight excluding hydrogens is 312 g/mol. The average molecular weight is 325 g/mol. The van der Waals surface area contributed by atoms with Crippen molar-refractivity contribution in [2.45, 2.75) is 28.8 Å². The van der Waals surface area contributed by atoms with Gasteiger partial charge >= 0.3 is 0 Å². The number of aromatic nitrogens is 1. The molecule has 1 aromatic rings. The minimum atomic E-state index is -3.31. The van der Waals surface area contributed by atoms with Crippen LogP contribution in [0.2, 0.25) is 0 Å². The third kappa shape index (κ3) is 2.47. The number of halogens is 1. The fraction of sp³-hybridized carbons (Fsp3) is 0.667. The van der Waals surface area contributed by atoms with Crippen LogP contribution in [0.3, 0.4) is 0 Å². The molecule has 7 heteroatoms. The van der Waals surface area contributed by atoms with Crippen molar-refractivity contribution in [2.75, 3.05) is 13.1 Å². The fourth-order valence-corrected chi connectivity index (χ4v) is 5.35. The zero-order valence-corrected chi connectivity index (χ0v) is 12.1. The van der Waals surface area contributed by atoms with Gasteiger partial charge in [0.2, 0.25) is 0 Å². The maximum absolute atomic E-state index is 12.2. The predicted molar refractivity (Wildman–Crippen MR) is 67.6 cm³/mol. The molecule has 1 aliphatic rings. The van der Waals surface area contributed by atoms with Crippen LogP contribution in [0.5, 0.6) is 0 Å². The molecule has 0 bridgehead atoms. The van der Waals surface area contributed by atoms with E-state index < -0.39 is 10.0 Å². The van der Waals surface area contributed by atoms with E-state index in [0.29, 0.717) is 17.3 Å². The van der Waals surface area contributed by atoms with E-state index in [1.807, 2.05) is 6.92 Å². The summed E-state index contributed by atoms with van der Waals surface area (Å²) in [6, 6.07) is 0. The van der Waals surface area contributed by atoms with Crippen molar-refractivity contribution in [1.82, 2.24) is 9.29 Å². The lowest BCUT2D eigenvalue weighted by Gasteiger charge is -2.28. The van der Waals surface area contributed by atoms with Gasteiger partial charge in [0.25, 0.3) is 10.0 Å². The normalized spacial score (nSPS) is 23.5. The van der Waals surface area contributed by atoms with Gasteiger partial charge in [-0.05, 0) is 19.8 Å². The molecule has 0 N–H and O–H groups in total. The van der Waals surface area contributed by atoms with Crippen molar-refractivity contribution in [3.8, 4) is 0 Å². The second-order valence-electron chi connectivity index (χ2n) is 3.80. The zero-order chi connectivity index (χ0) is 11.8. The zero-order valence-electron chi connectivity index (χ0n) is 8.89. The van der Waals surface area contributed by atoms with Crippen LogP contribution in [0.15, 0.2) is 10.4 Å². The molecule has 1 saturated heterocycles. The first-order chi connectivity index (χ1) is 7.50. The fourth-order valence-electron chi connectivity index (χ4n) is 1.70. The summed E-state index contributed by atoms with van der Waals surface area (Å²) in [5, 5.41) is 0.783. The van der Waals surface area contributed by atoms with Crippen LogP contribution in [-0.4, -0.2) is 35.6 Å². The van der Waals surface area contributed by atoms with Crippen molar-refractivity contribution in [1.29, 1.82) is 0 Å². The maximum atomic E-state index is 12.2. The lowest BCUT2D eigenvalue weighted by molar-refractivity contribution is 0.356. The smallest absolute Gasteiger partial charge is 0.249 e. The third-order valence-corrected chi connectivity index (χ3v) is 6.48. The number of hydrogen-bond acceptors (Lipinski definition) is 4. The Kier molecular flexibility index (Phi) is 3.68. The Labute approximate surface area is 108 Å². The van der Waals surface area contributed by atoms with Gasteiger partial charge < -0.3 is 0 Å². The second-order valence-corrected chi connectivity index (χ2v) is 8.50. The predicted octanol–water partition coefficient (Wildman–Crippen LogP) is 2.00. The SMILES string of the molecule is Cc1ncc(S(=O)(=O)N2CCCC(Br)C2)s1. The molecule has 1 aromatic heterocycles. The molecule has 1 fully saturated rings. The highest BCUT2D eigenvalue weighted by molar-refractivity contribution is 9.09. The van der Waals surface area contributed by atoms with Crippen molar-refractivity contribution >= 4 is 37.3 Å². The molecule has 1 aliphatic heterocycles. The molecule has 1 atom stereocenters. The van der Waals surface area contributed by atoms with Crippen LogP contribution < -0.4 is 0 Å². The highest BCUT2D eigenvalue weighted by Gasteiger charge is 2.30. The van der Waals surface area contributed by atoms with E-state index in [1.54, 1.807) is 4.31 Å². The van der Waals surface area contributed by atoms with Crippen LogP contribution >= 0.6 is 27.3 Å². The van der Waals surface area contributed by atoms with Crippen LogP contribution in [0.25, 0.3) is 0 Å². The second kappa shape index (κ2) is 4.72. The van der Waals surface area contributed by atoms with Crippen LogP contribution in [0.1, 0.15) is 17.8 Å². The molecule has 1 unspecified atom stereocenters. The molecule has 0 saturated carbocycles. The van der Waals surface area contributed by atoms with Gasteiger partial charge in [0, 0.05) is 17.9 Å². The van der Waals surface area contributed by atoms with Gasteiger partial charge in [-0.25, -0.2) is 13.4 Å². The van der Waals surface area contributed by atoms with Crippen LogP contribution in [0.4, 0.5) is 0 Å². The molecule has 0 radical (unpaired) electrons. The third-order valence-electron chi connectivity index (χ3n) is 2.52. The Morgan fingerprint density at radius 1 is 1.62 bits per heavy atom. The molecular formula is C9H13BrN2O2S2. The summed E-state index contributed by atoms with van der Waals surface area (Å²) in [6.07, 6.45) is 3.40. The molecule has 0 aromatic carbocycles. The molecule has 0 amide bonds. The topological polar surface area (TPSA) is 50.3 Å². The van der Waals surface area contributed by atoms with Crippen LogP contribution in [-0.2, 0) is 10.0 Å². The van der Waals surface area contributed by atoms with E-state index in [2.05, 4.69) is 20.9 Å². The number of thiazole rings is 1. The standard InChI is InChI=1S/C9H13BrN2O2S2/c1-7-11-5-9(15-7)16(13,14)12-4-2-3-8(10)6-12/h5,8H,2-4,6H2,1H3. The summed E-state index contributed by atoms with van der Waals surface area (Å²) in [5.41, 5.74) is 0. The lowest BCUT2D eigenvalue weighted by Crippen LogP contribution is -2.39. The van der Waals surface area contributed by atoms with E-state index in [9.17, 15) is 8.42 Å². The Morgan fingerprint density at radius 3 is 2.94 bits per heavy atom. The molecule has 0 aliphatic carbocycles. The number of nitrogens with zero attached hydrogens (tertiary/aromatic N) is 2. The minimum absolute atomic E-state index is 0.269. The van der Waals surface area contributed by atoms with Crippen LogP contribution in [0, 0.1) is 6.92 Å². The van der Waals surface area contributed by atoms with E-state index in [0.717, 1.165) is 17.8 Å². The van der Waals surface area contributed by atoms with Gasteiger partial charge in [-0.15, -0.1) is 11.3 Å². The molecule has 16 heavy (non-hydrogen) atoms. The van der Waals surface area contributed by atoms with Gasteiger partial charge in [0.05, 0.1) is 11.2 Å². The summed E-state index contributed by atoms with van der Waals surface area (Å²) in [6.45, 7) is 2.98. The van der Waals surface area contributed by atoms with E-state index in [4.69, 9.17) is 0 Å². The Balaban J connectivity index is 2.25. The molecule has 2 heterocycles. The first kappa shape index (κ1) is 12.5. The molecule has 2 rings (SSSR count). The van der Waals surface area contributed by atoms with Crippen molar-refractivity contribution in [3.05, 3.63) is 11.2 Å². The van der Waals surface area contributed by atoms with Gasteiger partial charge in [0.15, 0.2) is 4.21 Å². The molecule has 0 spiro atoms. The van der Waals surface area contributed by atoms with Gasteiger partial charge in [-0.3, -0.25) is 0 Å². The van der Waals surface area contributed by atoms with Gasteiger partial charge in [0.1, 0.15) is 0 Å². The highest BCUT2D eigenvalue weighted by Crippen LogP contribution is 2.26. The van der Waals surface area contributed by atoms with Gasteiger partial charge in [-0.1, -0.05) is 15.9 Å². The number of rotatable bonds is 2. The van der Waals surface area contributed by atoms with E-state index >= 15 is 0 Å². The van der Waals surface area contributed by atoms with Crippen molar-refractivity contribution in [2.24, 2.45) is 0 Å². The average Bonchev–Trinajstić information content (AvgIpc) is 2.65. The maximum Gasteiger partial charge on any atom is 0.254 e. The summed E-state index contributed by atoms with van der Waals surface area (Å²) in [4.78, 5) is 4.27. The lowest BCUT2D eigenvalue weighted by atomic mass is 10.2. The van der Waals surface area contributed by atoms with E-state index in [-0.39, 0.29) is 4.83 Å². The summed E-state index contributed by atoms with van der Waals surface area (Å²) in [7, 11) is -3.31. The highest BCUT2D eigenvalue weighted by atomic mass is 79.9. The number of hydrogen-bond donors (Lipinski definition) is 0. The van der Waals surface area contributed by atoms with E-state index in [1.165, 1.54) is 17.5 Å². The van der Waals surface area contributed by atoms with Crippen molar-refractivity contribution < 1.29 is 8.42 Å². The summed E-state index contributed by atoms with van der Waals surface area (Å²) >= 11 is 4.71. The first-order valence-electron chi connectivity index (χ1n) is 5.07.